The van der Waals surface area contributed by atoms with Crippen LogP contribution in [0.2, 0.25) is 0 Å². The van der Waals surface area contributed by atoms with Crippen molar-refractivity contribution in [2.45, 2.75) is 25.8 Å². The van der Waals surface area contributed by atoms with E-state index < -0.39 is 6.29 Å². The molecule has 0 aromatic carbocycles. The average Bonchev–Trinajstić information content (AvgIpc) is 2.62. The molecule has 2 atom stereocenters. The second kappa shape index (κ2) is 10.8. The fourth-order valence-corrected chi connectivity index (χ4v) is 3.55. The molecule has 0 spiro atoms. The number of piperazine rings is 2. The molecule has 25 heavy (non-hydrogen) atoms. The van der Waals surface area contributed by atoms with E-state index in [-0.39, 0.29) is 6.17 Å². The predicted octanol–water partition coefficient (Wildman–Crippen LogP) is -0.441. The van der Waals surface area contributed by atoms with E-state index in [1.54, 1.807) is 0 Å². The smallest absolute Gasteiger partial charge is 0.167 e. The molecule has 2 heterocycles. The summed E-state index contributed by atoms with van der Waals surface area (Å²) in [6.07, 6.45) is 11.5. The van der Waals surface area contributed by atoms with Crippen molar-refractivity contribution < 1.29 is 9.84 Å². The number of rotatable bonds is 8. The first-order valence-corrected chi connectivity index (χ1v) is 9.27. The molecule has 0 aliphatic carbocycles. The minimum absolute atomic E-state index is 0.288. The van der Waals surface area contributed by atoms with Gasteiger partial charge in [0.2, 0.25) is 0 Å². The van der Waals surface area contributed by atoms with Crippen molar-refractivity contribution in [3.05, 3.63) is 0 Å². The van der Waals surface area contributed by atoms with E-state index >= 15 is 0 Å². The second-order valence-corrected chi connectivity index (χ2v) is 6.76. The van der Waals surface area contributed by atoms with Crippen LogP contribution in [0.1, 0.15) is 13.3 Å². The number of β-amino-alcohol motifs (C(OH)–C–C–N with tert-alkyl or cyclic N) is 1. The van der Waals surface area contributed by atoms with Crippen molar-refractivity contribution in [2.75, 3.05) is 72.1 Å². The van der Waals surface area contributed by atoms with Crippen molar-refractivity contribution in [3.8, 4) is 24.7 Å². The predicted molar refractivity (Wildman–Crippen MR) is 99.7 cm³/mol. The van der Waals surface area contributed by atoms with Crippen LogP contribution in [-0.2, 0) is 4.74 Å². The first kappa shape index (κ1) is 20.2. The van der Waals surface area contributed by atoms with Gasteiger partial charge in [-0.25, -0.2) is 0 Å². The van der Waals surface area contributed by atoms with Gasteiger partial charge >= 0.3 is 0 Å². The van der Waals surface area contributed by atoms with Gasteiger partial charge in [-0.15, -0.1) is 12.8 Å². The molecule has 1 N–H and O–H groups in total. The molecule has 140 valence electrons. The Kier molecular flexibility index (Phi) is 8.71. The fourth-order valence-electron chi connectivity index (χ4n) is 3.55. The van der Waals surface area contributed by atoms with E-state index in [1.165, 1.54) is 0 Å². The monoisotopic (exact) mass is 348 g/mol. The summed E-state index contributed by atoms with van der Waals surface area (Å²) >= 11 is 0. The van der Waals surface area contributed by atoms with Crippen LogP contribution < -0.4 is 0 Å². The van der Waals surface area contributed by atoms with E-state index in [9.17, 15) is 5.11 Å². The number of terminal acetylenes is 2. The van der Waals surface area contributed by atoms with Crippen molar-refractivity contribution in [1.29, 1.82) is 0 Å². The van der Waals surface area contributed by atoms with Gasteiger partial charge < -0.3 is 9.84 Å². The van der Waals surface area contributed by atoms with Crippen LogP contribution in [0, 0.1) is 24.7 Å². The van der Waals surface area contributed by atoms with Gasteiger partial charge in [0.05, 0.1) is 19.3 Å². The number of nitrogens with zero attached hydrogens (tertiary/aromatic N) is 4. The standard InChI is InChI=1S/C19H32N4O2/c1-4-7-20-9-12-23(13-10-20)18-16-21(11-14-22(18)8-5-2)17-19(24)25-15-6-3/h1-2,18-19,24H,6-17H2,3H3. The molecule has 0 radical (unpaired) electrons. The summed E-state index contributed by atoms with van der Waals surface area (Å²) in [7, 11) is 0. The molecule has 0 bridgehead atoms. The molecule has 2 saturated heterocycles. The minimum Gasteiger partial charge on any atom is -0.367 e. The number of ether oxygens (including phenoxy) is 1. The molecule has 0 aromatic rings. The van der Waals surface area contributed by atoms with Gasteiger partial charge in [-0.05, 0) is 6.42 Å². The first-order valence-electron chi connectivity index (χ1n) is 9.27. The van der Waals surface area contributed by atoms with Gasteiger partial charge in [-0.3, -0.25) is 19.6 Å². The lowest BCUT2D eigenvalue weighted by atomic mass is 10.2. The van der Waals surface area contributed by atoms with Crippen LogP contribution in [0.5, 0.6) is 0 Å². The molecule has 0 amide bonds. The lowest BCUT2D eigenvalue weighted by molar-refractivity contribution is -0.126. The van der Waals surface area contributed by atoms with Crippen molar-refractivity contribution in [1.82, 2.24) is 19.6 Å². The van der Waals surface area contributed by atoms with Gasteiger partial charge in [0, 0.05) is 59.0 Å². The molecule has 0 aromatic heterocycles. The number of aliphatic hydroxyl groups is 1. The third-order valence-electron chi connectivity index (χ3n) is 4.91. The average molecular weight is 348 g/mol. The van der Waals surface area contributed by atoms with Gasteiger partial charge in [0.15, 0.2) is 6.29 Å². The zero-order chi connectivity index (χ0) is 18.1. The molecule has 2 fully saturated rings. The maximum absolute atomic E-state index is 10.0. The van der Waals surface area contributed by atoms with Crippen molar-refractivity contribution in [3.63, 3.8) is 0 Å². The van der Waals surface area contributed by atoms with Crippen LogP contribution in [0.4, 0.5) is 0 Å². The SMILES string of the molecule is C#CCN1CCN(C2CN(CC(O)OCCC)CCN2CC#C)CC1. The Morgan fingerprint density at radius 2 is 1.72 bits per heavy atom. The van der Waals surface area contributed by atoms with E-state index in [1.807, 2.05) is 6.92 Å². The van der Waals surface area contributed by atoms with E-state index in [2.05, 4.69) is 31.4 Å². The molecule has 2 aliphatic rings. The molecule has 6 nitrogen and oxygen atoms in total. The fraction of sp³-hybridized carbons (Fsp3) is 0.789. The molecule has 6 heteroatoms. The Morgan fingerprint density at radius 1 is 1.04 bits per heavy atom. The zero-order valence-corrected chi connectivity index (χ0v) is 15.4. The second-order valence-electron chi connectivity index (χ2n) is 6.76. The summed E-state index contributed by atoms with van der Waals surface area (Å²) in [5.41, 5.74) is 0. The third-order valence-corrected chi connectivity index (χ3v) is 4.91. The molecule has 2 aliphatic heterocycles. The molecule has 2 unspecified atom stereocenters. The highest BCUT2D eigenvalue weighted by molar-refractivity contribution is 4.95. The third kappa shape index (κ3) is 6.27. The number of hydrogen-bond acceptors (Lipinski definition) is 6. The van der Waals surface area contributed by atoms with Crippen LogP contribution >= 0.6 is 0 Å². The van der Waals surface area contributed by atoms with E-state index in [0.717, 1.165) is 58.8 Å². The van der Waals surface area contributed by atoms with Crippen LogP contribution in [0.25, 0.3) is 0 Å². The zero-order valence-electron chi connectivity index (χ0n) is 15.4. The Labute approximate surface area is 152 Å². The molecular weight excluding hydrogens is 316 g/mol. The highest BCUT2D eigenvalue weighted by Crippen LogP contribution is 2.16. The lowest BCUT2D eigenvalue weighted by Crippen LogP contribution is -2.64. The summed E-state index contributed by atoms with van der Waals surface area (Å²) in [4.78, 5) is 9.46. The van der Waals surface area contributed by atoms with E-state index in [0.29, 0.717) is 19.7 Å². The highest BCUT2D eigenvalue weighted by atomic mass is 16.6. The minimum atomic E-state index is -0.716. The largest absolute Gasteiger partial charge is 0.367 e. The highest BCUT2D eigenvalue weighted by Gasteiger charge is 2.33. The van der Waals surface area contributed by atoms with Gasteiger partial charge in [-0.2, -0.15) is 0 Å². The van der Waals surface area contributed by atoms with Crippen LogP contribution in [0.3, 0.4) is 0 Å². The number of hydrogen-bond donors (Lipinski definition) is 1. The first-order chi connectivity index (χ1) is 12.2. The Hall–Kier alpha value is -1.12. The van der Waals surface area contributed by atoms with Gasteiger partial charge in [0.25, 0.3) is 0 Å². The summed E-state index contributed by atoms with van der Waals surface area (Å²) in [5, 5.41) is 10.0. The maximum Gasteiger partial charge on any atom is 0.167 e. The van der Waals surface area contributed by atoms with Crippen LogP contribution in [0.15, 0.2) is 0 Å². The van der Waals surface area contributed by atoms with Crippen molar-refractivity contribution >= 4 is 0 Å². The summed E-state index contributed by atoms with van der Waals surface area (Å²) in [6.45, 7) is 11.3. The number of aliphatic hydroxyl groups excluding tert-OH is 1. The Morgan fingerprint density at radius 3 is 2.36 bits per heavy atom. The lowest BCUT2D eigenvalue weighted by Gasteiger charge is -2.48. The summed E-state index contributed by atoms with van der Waals surface area (Å²) < 4.78 is 5.42. The topological polar surface area (TPSA) is 42.4 Å². The van der Waals surface area contributed by atoms with E-state index in [4.69, 9.17) is 17.6 Å². The van der Waals surface area contributed by atoms with Crippen molar-refractivity contribution in [2.24, 2.45) is 0 Å². The Bertz CT molecular complexity index is 465. The van der Waals surface area contributed by atoms with Gasteiger partial charge in [-0.1, -0.05) is 18.8 Å². The van der Waals surface area contributed by atoms with Gasteiger partial charge in [0.1, 0.15) is 0 Å². The molecule has 0 saturated carbocycles. The maximum atomic E-state index is 10.0. The quantitative estimate of drug-likeness (QED) is 0.474. The molecule has 2 rings (SSSR count). The Balaban J connectivity index is 1.90. The normalized spacial score (nSPS) is 25.4. The van der Waals surface area contributed by atoms with Crippen LogP contribution in [-0.4, -0.2) is 109 Å². The molecular formula is C19H32N4O2. The summed E-state index contributed by atoms with van der Waals surface area (Å²) in [6, 6.07) is 0. The summed E-state index contributed by atoms with van der Waals surface area (Å²) in [5.74, 6) is 5.52.